The minimum Gasteiger partial charge on any atom is -0.395 e. The molecule has 0 radical (unpaired) electrons. The van der Waals surface area contributed by atoms with Gasteiger partial charge in [0.1, 0.15) is 5.82 Å². The average Bonchev–Trinajstić information content (AvgIpc) is 2.35. The Kier molecular flexibility index (Phi) is 4.01. The number of halogens is 2. The molecule has 0 aromatic heterocycles. The van der Waals surface area contributed by atoms with E-state index in [-0.39, 0.29) is 5.69 Å². The van der Waals surface area contributed by atoms with Crippen molar-refractivity contribution in [3.63, 3.8) is 0 Å². The molecular weight excluding hydrogens is 236 g/mol. The Morgan fingerprint density at radius 1 is 1.17 bits per heavy atom. The van der Waals surface area contributed by atoms with Crippen molar-refractivity contribution >= 4 is 11.4 Å². The van der Waals surface area contributed by atoms with E-state index in [2.05, 4.69) is 11.8 Å². The van der Waals surface area contributed by atoms with Crippen molar-refractivity contribution < 1.29 is 8.78 Å². The molecule has 18 heavy (non-hydrogen) atoms. The molecule has 1 saturated heterocycles. The summed E-state index contributed by atoms with van der Waals surface area (Å²) in [6.07, 6.45) is 1.12. The molecule has 1 aliphatic rings. The maximum absolute atomic E-state index is 13.4. The first-order valence-electron chi connectivity index (χ1n) is 6.33. The zero-order valence-electron chi connectivity index (χ0n) is 10.6. The second-order valence-corrected chi connectivity index (χ2v) is 4.65. The van der Waals surface area contributed by atoms with Gasteiger partial charge in [0.25, 0.3) is 0 Å². The maximum atomic E-state index is 13.4. The number of benzene rings is 1. The molecule has 1 aliphatic heterocycles. The highest BCUT2D eigenvalue weighted by Gasteiger charge is 2.20. The fourth-order valence-electron chi connectivity index (χ4n) is 2.36. The molecular formula is C13H19F2N3. The molecule has 5 heteroatoms. The van der Waals surface area contributed by atoms with Crippen LogP contribution in [0.4, 0.5) is 20.2 Å². The zero-order valence-corrected chi connectivity index (χ0v) is 10.6. The molecule has 100 valence electrons. The molecule has 1 fully saturated rings. The van der Waals surface area contributed by atoms with Crippen LogP contribution in [0.1, 0.15) is 13.3 Å². The van der Waals surface area contributed by atoms with Gasteiger partial charge in [0.05, 0.1) is 11.4 Å². The van der Waals surface area contributed by atoms with Crippen molar-refractivity contribution in [3.05, 3.63) is 23.8 Å². The molecule has 0 bridgehead atoms. The molecule has 0 spiro atoms. The van der Waals surface area contributed by atoms with Crippen LogP contribution in [-0.4, -0.2) is 37.6 Å². The van der Waals surface area contributed by atoms with Crippen LogP contribution >= 0.6 is 0 Å². The van der Waals surface area contributed by atoms with Gasteiger partial charge in [-0.3, -0.25) is 4.90 Å². The minimum absolute atomic E-state index is 0.0420. The first-order valence-corrected chi connectivity index (χ1v) is 6.33. The summed E-state index contributed by atoms with van der Waals surface area (Å²) in [7, 11) is 0. The average molecular weight is 255 g/mol. The van der Waals surface area contributed by atoms with Gasteiger partial charge in [-0.15, -0.1) is 0 Å². The third-order valence-electron chi connectivity index (χ3n) is 3.33. The van der Waals surface area contributed by atoms with E-state index >= 15 is 0 Å². The van der Waals surface area contributed by atoms with Gasteiger partial charge in [-0.25, -0.2) is 8.78 Å². The Balaban J connectivity index is 2.10. The van der Waals surface area contributed by atoms with Gasteiger partial charge >= 0.3 is 0 Å². The van der Waals surface area contributed by atoms with Gasteiger partial charge in [-0.05, 0) is 19.0 Å². The Bertz CT molecular complexity index is 415. The molecule has 0 aliphatic carbocycles. The van der Waals surface area contributed by atoms with E-state index in [0.29, 0.717) is 5.69 Å². The predicted octanol–water partition coefficient (Wildman–Crippen LogP) is 2.08. The highest BCUT2D eigenvalue weighted by Crippen LogP contribution is 2.28. The van der Waals surface area contributed by atoms with Crippen LogP contribution < -0.4 is 10.6 Å². The number of hydrogen-bond donors (Lipinski definition) is 1. The molecule has 0 saturated carbocycles. The minimum atomic E-state index is -0.680. The topological polar surface area (TPSA) is 32.5 Å². The van der Waals surface area contributed by atoms with E-state index in [9.17, 15) is 8.78 Å². The number of rotatable bonds is 3. The molecule has 0 amide bonds. The fraction of sp³-hybridized carbons (Fsp3) is 0.538. The summed E-state index contributed by atoms with van der Waals surface area (Å²) in [4.78, 5) is 4.30. The van der Waals surface area contributed by atoms with Crippen molar-refractivity contribution in [1.29, 1.82) is 0 Å². The lowest BCUT2D eigenvalue weighted by atomic mass is 10.2. The van der Waals surface area contributed by atoms with E-state index in [4.69, 9.17) is 5.73 Å². The Morgan fingerprint density at radius 2 is 1.83 bits per heavy atom. The molecule has 0 atom stereocenters. The van der Waals surface area contributed by atoms with Crippen molar-refractivity contribution in [2.24, 2.45) is 0 Å². The van der Waals surface area contributed by atoms with Crippen molar-refractivity contribution in [1.82, 2.24) is 4.90 Å². The molecule has 1 aromatic carbocycles. The molecule has 2 rings (SSSR count). The van der Waals surface area contributed by atoms with Gasteiger partial charge < -0.3 is 10.6 Å². The Morgan fingerprint density at radius 3 is 2.44 bits per heavy atom. The Labute approximate surface area is 106 Å². The van der Waals surface area contributed by atoms with Crippen LogP contribution in [0.15, 0.2) is 12.1 Å². The van der Waals surface area contributed by atoms with Crippen molar-refractivity contribution in [2.75, 3.05) is 43.4 Å². The monoisotopic (exact) mass is 255 g/mol. The summed E-state index contributed by atoms with van der Waals surface area (Å²) in [6.45, 7) is 6.55. The van der Waals surface area contributed by atoms with Crippen LogP contribution in [0.5, 0.6) is 0 Å². The first kappa shape index (κ1) is 13.1. The summed E-state index contributed by atoms with van der Waals surface area (Å²) >= 11 is 0. The van der Waals surface area contributed by atoms with Gasteiger partial charge in [0.2, 0.25) is 0 Å². The highest BCUT2D eigenvalue weighted by molar-refractivity contribution is 5.68. The third-order valence-corrected chi connectivity index (χ3v) is 3.33. The van der Waals surface area contributed by atoms with E-state index in [1.807, 2.05) is 4.90 Å². The van der Waals surface area contributed by atoms with Crippen LogP contribution in [0.2, 0.25) is 0 Å². The largest absolute Gasteiger partial charge is 0.395 e. The molecule has 1 aromatic rings. The lowest BCUT2D eigenvalue weighted by Gasteiger charge is -2.36. The first-order chi connectivity index (χ1) is 8.61. The summed E-state index contributed by atoms with van der Waals surface area (Å²) in [5.74, 6) is -1.26. The van der Waals surface area contributed by atoms with E-state index in [1.54, 1.807) is 0 Å². The van der Waals surface area contributed by atoms with Crippen LogP contribution in [0.25, 0.3) is 0 Å². The second-order valence-electron chi connectivity index (χ2n) is 4.65. The summed E-state index contributed by atoms with van der Waals surface area (Å²) < 4.78 is 26.6. The standard InChI is InChI=1S/C13H19F2N3/c1-2-3-17-4-6-18(7-5-17)12-9-10(14)8-11(15)13(12)16/h8-9H,2-7,16H2,1H3. The van der Waals surface area contributed by atoms with E-state index in [0.717, 1.165) is 45.2 Å². The van der Waals surface area contributed by atoms with Gasteiger partial charge in [-0.2, -0.15) is 0 Å². The quantitative estimate of drug-likeness (QED) is 0.839. The second kappa shape index (κ2) is 5.52. The third kappa shape index (κ3) is 2.72. The number of nitrogens with zero attached hydrogens (tertiary/aromatic N) is 2. The van der Waals surface area contributed by atoms with Crippen LogP contribution in [0.3, 0.4) is 0 Å². The van der Waals surface area contributed by atoms with Crippen molar-refractivity contribution in [3.8, 4) is 0 Å². The van der Waals surface area contributed by atoms with Crippen LogP contribution in [-0.2, 0) is 0 Å². The normalized spacial score (nSPS) is 17.2. The molecule has 0 unspecified atom stereocenters. The lowest BCUT2D eigenvalue weighted by molar-refractivity contribution is 0.258. The van der Waals surface area contributed by atoms with Crippen LogP contribution in [0, 0.1) is 11.6 Å². The Hall–Kier alpha value is -1.36. The number of hydrogen-bond acceptors (Lipinski definition) is 3. The van der Waals surface area contributed by atoms with Gasteiger partial charge in [-0.1, -0.05) is 6.92 Å². The van der Waals surface area contributed by atoms with Gasteiger partial charge in [0, 0.05) is 32.2 Å². The van der Waals surface area contributed by atoms with Gasteiger partial charge in [0.15, 0.2) is 5.82 Å². The SMILES string of the molecule is CCCN1CCN(c2cc(F)cc(F)c2N)CC1. The summed E-state index contributed by atoms with van der Waals surface area (Å²) in [5, 5.41) is 0. The maximum Gasteiger partial charge on any atom is 0.151 e. The summed E-state index contributed by atoms with van der Waals surface area (Å²) in [6, 6.07) is 2.14. The van der Waals surface area contributed by atoms with E-state index < -0.39 is 11.6 Å². The molecule has 2 N–H and O–H groups in total. The highest BCUT2D eigenvalue weighted by atomic mass is 19.1. The number of nitrogens with two attached hydrogens (primary N) is 1. The molecule has 1 heterocycles. The zero-order chi connectivity index (χ0) is 13.1. The predicted molar refractivity (Wildman–Crippen MR) is 69.7 cm³/mol. The lowest BCUT2D eigenvalue weighted by Crippen LogP contribution is -2.46. The smallest absolute Gasteiger partial charge is 0.151 e. The number of piperazine rings is 1. The molecule has 3 nitrogen and oxygen atoms in total. The van der Waals surface area contributed by atoms with E-state index in [1.165, 1.54) is 6.07 Å². The summed E-state index contributed by atoms with van der Waals surface area (Å²) in [5.41, 5.74) is 6.20. The van der Waals surface area contributed by atoms with Crippen molar-refractivity contribution in [2.45, 2.75) is 13.3 Å². The fourth-order valence-corrected chi connectivity index (χ4v) is 2.36. The number of nitrogen functional groups attached to an aromatic ring is 1. The number of anilines is 2.